The minimum absolute atomic E-state index is 0.218. The molecule has 4 aromatic rings. The number of hydrogen-bond acceptors (Lipinski definition) is 5. The normalized spacial score (nSPS) is 11.1. The maximum atomic E-state index is 12.1. The Balaban J connectivity index is 1.64. The van der Waals surface area contributed by atoms with Crippen LogP contribution in [0.15, 0.2) is 71.7 Å². The average Bonchev–Trinajstić information content (AvgIpc) is 3.41. The summed E-state index contributed by atoms with van der Waals surface area (Å²) in [6, 6.07) is 13.9. The lowest BCUT2D eigenvalue weighted by Crippen LogP contribution is -2.07. The van der Waals surface area contributed by atoms with Crippen LogP contribution < -0.4 is 5.32 Å². The van der Waals surface area contributed by atoms with Gasteiger partial charge in [0.15, 0.2) is 5.13 Å². The highest BCUT2D eigenvalue weighted by Crippen LogP contribution is 2.28. The third-order valence-electron chi connectivity index (χ3n) is 3.59. The van der Waals surface area contributed by atoms with Crippen molar-refractivity contribution in [2.24, 2.45) is 0 Å². The van der Waals surface area contributed by atoms with Gasteiger partial charge in [0.25, 0.3) is 0 Å². The number of rotatable bonds is 5. The van der Waals surface area contributed by atoms with Gasteiger partial charge in [0.2, 0.25) is 5.91 Å². The van der Waals surface area contributed by atoms with E-state index in [0.29, 0.717) is 5.13 Å². The Morgan fingerprint density at radius 3 is 2.69 bits per heavy atom. The van der Waals surface area contributed by atoms with Gasteiger partial charge >= 0.3 is 0 Å². The van der Waals surface area contributed by atoms with Gasteiger partial charge in [0.1, 0.15) is 5.69 Å². The Morgan fingerprint density at radius 2 is 1.96 bits per heavy atom. The van der Waals surface area contributed by atoms with Crippen LogP contribution in [0.4, 0.5) is 5.13 Å². The van der Waals surface area contributed by atoms with Gasteiger partial charge in [-0.25, -0.2) is 9.67 Å². The Kier molecular flexibility index (Phi) is 4.72. The van der Waals surface area contributed by atoms with Gasteiger partial charge in [-0.05, 0) is 29.7 Å². The van der Waals surface area contributed by atoms with Crippen LogP contribution in [0.5, 0.6) is 0 Å². The zero-order valence-corrected chi connectivity index (χ0v) is 15.2. The van der Waals surface area contributed by atoms with Crippen LogP contribution in [0.2, 0.25) is 0 Å². The number of benzene rings is 1. The fourth-order valence-electron chi connectivity index (χ4n) is 2.42. The Labute approximate surface area is 158 Å². The molecule has 7 heteroatoms. The molecule has 0 saturated carbocycles. The quantitative estimate of drug-likeness (QED) is 0.512. The molecular formula is C19H14N4OS2. The Bertz CT molecular complexity index is 1020. The number of hydrogen-bond donors (Lipinski definition) is 1. The standard InChI is InChI=1S/C19H14N4OS2/c24-17(21-19-20-10-12-26-19)9-8-14-13-23(15-5-2-1-3-6-15)22-18(14)16-7-4-11-25-16/h1-13H,(H,20,21,24)/b9-8-. The zero-order chi connectivity index (χ0) is 17.8. The van der Waals surface area contributed by atoms with E-state index in [2.05, 4.69) is 10.3 Å². The largest absolute Gasteiger partial charge is 0.298 e. The number of thiazole rings is 1. The van der Waals surface area contributed by atoms with E-state index >= 15 is 0 Å². The number of thiophene rings is 1. The molecule has 0 bridgehead atoms. The van der Waals surface area contributed by atoms with Crippen LogP contribution in [0.25, 0.3) is 22.3 Å². The van der Waals surface area contributed by atoms with E-state index in [9.17, 15) is 4.79 Å². The summed E-state index contributed by atoms with van der Waals surface area (Å²) in [4.78, 5) is 17.2. The van der Waals surface area contributed by atoms with Crippen molar-refractivity contribution in [3.05, 3.63) is 77.3 Å². The van der Waals surface area contributed by atoms with Crippen molar-refractivity contribution in [1.29, 1.82) is 0 Å². The molecule has 3 heterocycles. The molecule has 0 aliphatic rings. The summed E-state index contributed by atoms with van der Waals surface area (Å²) >= 11 is 3.00. The molecule has 26 heavy (non-hydrogen) atoms. The minimum Gasteiger partial charge on any atom is -0.298 e. The predicted octanol–water partition coefficient (Wildman–Crippen LogP) is 4.71. The number of carbonyl (C=O) groups excluding carboxylic acids is 1. The van der Waals surface area contributed by atoms with Crippen molar-refractivity contribution in [2.45, 2.75) is 0 Å². The third-order valence-corrected chi connectivity index (χ3v) is 5.16. The second-order valence-electron chi connectivity index (χ2n) is 5.35. The van der Waals surface area contributed by atoms with E-state index in [1.807, 2.05) is 64.1 Å². The molecule has 5 nitrogen and oxygen atoms in total. The lowest BCUT2D eigenvalue weighted by Gasteiger charge is -1.99. The Morgan fingerprint density at radius 1 is 1.08 bits per heavy atom. The average molecular weight is 378 g/mol. The maximum Gasteiger partial charge on any atom is 0.250 e. The first-order valence-corrected chi connectivity index (χ1v) is 9.63. The molecule has 0 unspecified atom stereocenters. The zero-order valence-electron chi connectivity index (χ0n) is 13.6. The second-order valence-corrected chi connectivity index (χ2v) is 7.19. The van der Waals surface area contributed by atoms with E-state index < -0.39 is 0 Å². The molecule has 1 amide bonds. The summed E-state index contributed by atoms with van der Waals surface area (Å²) in [6.45, 7) is 0. The van der Waals surface area contributed by atoms with Crippen LogP contribution in [-0.2, 0) is 4.79 Å². The number of carbonyl (C=O) groups is 1. The van der Waals surface area contributed by atoms with Crippen molar-refractivity contribution in [2.75, 3.05) is 5.32 Å². The van der Waals surface area contributed by atoms with E-state index in [1.165, 1.54) is 17.4 Å². The summed E-state index contributed by atoms with van der Waals surface area (Å²) in [5, 5.41) is 11.9. The molecule has 0 radical (unpaired) electrons. The number of nitrogens with one attached hydrogen (secondary N) is 1. The number of para-hydroxylation sites is 1. The summed E-state index contributed by atoms with van der Waals surface area (Å²) in [5.41, 5.74) is 2.70. The molecule has 0 fully saturated rings. The third kappa shape index (κ3) is 3.63. The highest BCUT2D eigenvalue weighted by molar-refractivity contribution is 7.14. The van der Waals surface area contributed by atoms with E-state index in [1.54, 1.807) is 23.6 Å². The molecule has 0 spiro atoms. The lowest BCUT2D eigenvalue weighted by atomic mass is 10.2. The first-order valence-electron chi connectivity index (χ1n) is 7.87. The fourth-order valence-corrected chi connectivity index (χ4v) is 3.69. The van der Waals surface area contributed by atoms with Gasteiger partial charge in [-0.3, -0.25) is 10.1 Å². The number of anilines is 1. The molecule has 0 saturated heterocycles. The van der Waals surface area contributed by atoms with Crippen molar-refractivity contribution in [1.82, 2.24) is 14.8 Å². The predicted molar refractivity (Wildman–Crippen MR) is 107 cm³/mol. The van der Waals surface area contributed by atoms with E-state index in [4.69, 9.17) is 5.10 Å². The van der Waals surface area contributed by atoms with Gasteiger partial charge < -0.3 is 0 Å². The number of amides is 1. The van der Waals surface area contributed by atoms with Crippen molar-refractivity contribution in [3.8, 4) is 16.3 Å². The van der Waals surface area contributed by atoms with Gasteiger partial charge in [-0.2, -0.15) is 5.10 Å². The van der Waals surface area contributed by atoms with Gasteiger partial charge in [0, 0.05) is 29.4 Å². The minimum atomic E-state index is -0.218. The van der Waals surface area contributed by atoms with Crippen molar-refractivity contribution < 1.29 is 4.79 Å². The Hall–Kier alpha value is -3.03. The van der Waals surface area contributed by atoms with Crippen molar-refractivity contribution in [3.63, 3.8) is 0 Å². The molecule has 3 aromatic heterocycles. The molecule has 4 rings (SSSR count). The molecule has 128 valence electrons. The molecular weight excluding hydrogens is 364 g/mol. The topological polar surface area (TPSA) is 59.8 Å². The molecule has 0 atom stereocenters. The first-order chi connectivity index (χ1) is 12.8. The summed E-state index contributed by atoms with van der Waals surface area (Å²) in [7, 11) is 0. The van der Waals surface area contributed by atoms with Crippen LogP contribution in [0.1, 0.15) is 5.56 Å². The van der Waals surface area contributed by atoms with E-state index in [-0.39, 0.29) is 5.91 Å². The van der Waals surface area contributed by atoms with Crippen LogP contribution >= 0.6 is 22.7 Å². The van der Waals surface area contributed by atoms with Crippen LogP contribution in [0, 0.1) is 0 Å². The van der Waals surface area contributed by atoms with Crippen molar-refractivity contribution >= 4 is 39.8 Å². The van der Waals surface area contributed by atoms with Gasteiger partial charge in [-0.15, -0.1) is 22.7 Å². The smallest absolute Gasteiger partial charge is 0.250 e. The highest BCUT2D eigenvalue weighted by atomic mass is 32.1. The summed E-state index contributed by atoms with van der Waals surface area (Å²) in [6.07, 6.45) is 6.87. The van der Waals surface area contributed by atoms with Gasteiger partial charge in [-0.1, -0.05) is 24.3 Å². The highest BCUT2D eigenvalue weighted by Gasteiger charge is 2.11. The maximum absolute atomic E-state index is 12.1. The molecule has 1 N–H and O–H groups in total. The number of aromatic nitrogens is 3. The monoisotopic (exact) mass is 378 g/mol. The molecule has 0 aliphatic carbocycles. The SMILES string of the molecule is O=C(/C=C\c1cn(-c2ccccc2)nc1-c1cccs1)Nc1nccs1. The number of nitrogens with zero attached hydrogens (tertiary/aromatic N) is 3. The first kappa shape index (κ1) is 16.4. The second kappa shape index (κ2) is 7.47. The van der Waals surface area contributed by atoms with E-state index in [0.717, 1.165) is 21.8 Å². The van der Waals surface area contributed by atoms with Crippen LogP contribution in [-0.4, -0.2) is 20.7 Å². The van der Waals surface area contributed by atoms with Crippen LogP contribution in [0.3, 0.4) is 0 Å². The fraction of sp³-hybridized carbons (Fsp3) is 0. The molecule has 1 aromatic carbocycles. The lowest BCUT2D eigenvalue weighted by molar-refractivity contribution is -0.111. The molecule has 0 aliphatic heterocycles. The summed E-state index contributed by atoms with van der Waals surface area (Å²) < 4.78 is 1.83. The van der Waals surface area contributed by atoms with Gasteiger partial charge in [0.05, 0.1) is 10.6 Å². The summed E-state index contributed by atoms with van der Waals surface area (Å²) in [5.74, 6) is -0.218.